The molecule has 2 rings (SSSR count). The molecule has 1 saturated heterocycles. The molecule has 0 amide bonds. The lowest BCUT2D eigenvalue weighted by Crippen LogP contribution is -2.41. The Morgan fingerprint density at radius 3 is 2.56 bits per heavy atom. The van der Waals surface area contributed by atoms with E-state index in [0.717, 1.165) is 42.9 Å². The first kappa shape index (κ1) is 23.8. The number of halogens is 1. The van der Waals surface area contributed by atoms with Crippen LogP contribution in [-0.2, 0) is 0 Å². The van der Waals surface area contributed by atoms with Crippen LogP contribution in [0.5, 0.6) is 11.5 Å². The normalized spacial score (nSPS) is 17.7. The molecule has 1 unspecified atom stereocenters. The Morgan fingerprint density at radius 2 is 1.89 bits per heavy atom. The average Bonchev–Trinajstić information content (AvgIpc) is 2.67. The Morgan fingerprint density at radius 1 is 1.19 bits per heavy atom. The molecule has 2 N–H and O–H groups in total. The van der Waals surface area contributed by atoms with Crippen molar-refractivity contribution in [2.24, 2.45) is 10.9 Å². The van der Waals surface area contributed by atoms with Crippen molar-refractivity contribution in [3.63, 3.8) is 0 Å². The van der Waals surface area contributed by atoms with Crippen LogP contribution in [0.3, 0.4) is 0 Å². The third kappa shape index (κ3) is 9.51. The standard InChI is InChI=1S/C20H34N4O2.HI/c1-17-6-4-13-24(16-17)14-5-11-22-20(21-2)23-12-15-26-19-9-7-18(25-3)8-10-19;/h7-10,17H,4-6,11-16H2,1-3H3,(H2,21,22,23);1H. The molecule has 0 radical (unpaired) electrons. The number of benzene rings is 1. The van der Waals surface area contributed by atoms with Gasteiger partial charge in [0.25, 0.3) is 0 Å². The second-order valence-corrected chi connectivity index (χ2v) is 6.85. The summed E-state index contributed by atoms with van der Waals surface area (Å²) >= 11 is 0. The van der Waals surface area contributed by atoms with Gasteiger partial charge in [-0.15, -0.1) is 24.0 Å². The van der Waals surface area contributed by atoms with Gasteiger partial charge in [0, 0.05) is 20.1 Å². The van der Waals surface area contributed by atoms with Crippen LogP contribution >= 0.6 is 24.0 Å². The average molecular weight is 490 g/mol. The maximum atomic E-state index is 5.71. The number of nitrogens with zero attached hydrogens (tertiary/aromatic N) is 2. The largest absolute Gasteiger partial charge is 0.497 e. The Bertz CT molecular complexity index is 539. The van der Waals surface area contributed by atoms with E-state index in [2.05, 4.69) is 27.4 Å². The fraction of sp³-hybridized carbons (Fsp3) is 0.650. The smallest absolute Gasteiger partial charge is 0.191 e. The molecule has 0 bridgehead atoms. The Kier molecular flexibility index (Phi) is 12.2. The lowest BCUT2D eigenvalue weighted by molar-refractivity contribution is 0.182. The van der Waals surface area contributed by atoms with Gasteiger partial charge in [-0.05, 0) is 62.5 Å². The van der Waals surface area contributed by atoms with Gasteiger partial charge in [0.2, 0.25) is 0 Å². The number of nitrogens with one attached hydrogen (secondary N) is 2. The summed E-state index contributed by atoms with van der Waals surface area (Å²) in [5.74, 6) is 3.34. The molecule has 1 heterocycles. The molecule has 1 aromatic carbocycles. The van der Waals surface area contributed by atoms with Crippen LogP contribution in [0.15, 0.2) is 29.3 Å². The highest BCUT2D eigenvalue weighted by Crippen LogP contribution is 2.16. The van der Waals surface area contributed by atoms with Crippen molar-refractivity contribution in [1.82, 2.24) is 15.5 Å². The van der Waals surface area contributed by atoms with Gasteiger partial charge >= 0.3 is 0 Å². The van der Waals surface area contributed by atoms with Gasteiger partial charge < -0.3 is 25.0 Å². The van der Waals surface area contributed by atoms with Crippen LogP contribution in [0.1, 0.15) is 26.2 Å². The first-order valence-electron chi connectivity index (χ1n) is 9.65. The van der Waals surface area contributed by atoms with Crippen LogP contribution in [0.25, 0.3) is 0 Å². The van der Waals surface area contributed by atoms with Crippen LogP contribution in [0.4, 0.5) is 0 Å². The van der Waals surface area contributed by atoms with Crippen molar-refractivity contribution in [3.8, 4) is 11.5 Å². The van der Waals surface area contributed by atoms with Gasteiger partial charge in [0.05, 0.1) is 13.7 Å². The molecule has 0 saturated carbocycles. The lowest BCUT2D eigenvalue weighted by atomic mass is 10.0. The number of aliphatic imine (C=N–C) groups is 1. The predicted molar refractivity (Wildman–Crippen MR) is 123 cm³/mol. The monoisotopic (exact) mass is 490 g/mol. The minimum atomic E-state index is 0. The zero-order valence-corrected chi connectivity index (χ0v) is 19.2. The summed E-state index contributed by atoms with van der Waals surface area (Å²) in [6.45, 7) is 8.23. The summed E-state index contributed by atoms with van der Waals surface area (Å²) < 4.78 is 10.8. The Hall–Kier alpha value is -1.22. The Labute approximate surface area is 181 Å². The summed E-state index contributed by atoms with van der Waals surface area (Å²) in [4.78, 5) is 6.84. The van der Waals surface area contributed by atoms with E-state index in [-0.39, 0.29) is 24.0 Å². The van der Waals surface area contributed by atoms with Crippen molar-refractivity contribution in [3.05, 3.63) is 24.3 Å². The molecule has 0 aliphatic carbocycles. The van der Waals surface area contributed by atoms with Crippen molar-refractivity contribution in [1.29, 1.82) is 0 Å². The molecule has 1 aromatic rings. The zero-order chi connectivity index (χ0) is 18.6. The number of guanidine groups is 1. The number of hydrogen-bond acceptors (Lipinski definition) is 4. The number of piperidine rings is 1. The van der Waals surface area contributed by atoms with Crippen molar-refractivity contribution >= 4 is 29.9 Å². The minimum Gasteiger partial charge on any atom is -0.497 e. The van der Waals surface area contributed by atoms with E-state index in [1.165, 1.54) is 25.9 Å². The van der Waals surface area contributed by atoms with Crippen LogP contribution in [0.2, 0.25) is 0 Å². The molecule has 0 spiro atoms. The van der Waals surface area contributed by atoms with E-state index in [4.69, 9.17) is 9.47 Å². The Balaban J connectivity index is 0.00000364. The molecule has 1 atom stereocenters. The fourth-order valence-corrected chi connectivity index (χ4v) is 3.23. The molecule has 1 aliphatic rings. The molecule has 0 aromatic heterocycles. The maximum absolute atomic E-state index is 5.71. The zero-order valence-electron chi connectivity index (χ0n) is 16.9. The van der Waals surface area contributed by atoms with Crippen LogP contribution in [0, 0.1) is 5.92 Å². The van der Waals surface area contributed by atoms with Gasteiger partial charge in [-0.25, -0.2) is 0 Å². The van der Waals surface area contributed by atoms with Gasteiger partial charge in [0.15, 0.2) is 5.96 Å². The van der Waals surface area contributed by atoms with Crippen molar-refractivity contribution < 1.29 is 9.47 Å². The van der Waals surface area contributed by atoms with Gasteiger partial charge in [-0.3, -0.25) is 4.99 Å². The third-order valence-electron chi connectivity index (χ3n) is 4.63. The highest BCUT2D eigenvalue weighted by Gasteiger charge is 2.15. The van der Waals surface area contributed by atoms with E-state index in [0.29, 0.717) is 13.2 Å². The molecule has 7 heteroatoms. The van der Waals surface area contributed by atoms with Crippen molar-refractivity contribution in [2.45, 2.75) is 26.2 Å². The van der Waals surface area contributed by atoms with Gasteiger partial charge in [-0.1, -0.05) is 6.92 Å². The van der Waals surface area contributed by atoms with Gasteiger partial charge in [0.1, 0.15) is 18.1 Å². The van der Waals surface area contributed by atoms with E-state index >= 15 is 0 Å². The molecule has 6 nitrogen and oxygen atoms in total. The van der Waals surface area contributed by atoms with Crippen molar-refractivity contribution in [2.75, 3.05) is 53.5 Å². The molecule has 27 heavy (non-hydrogen) atoms. The molecular formula is C20H35IN4O2. The number of likely N-dealkylation sites (tertiary alicyclic amines) is 1. The SMILES string of the molecule is CN=C(NCCCN1CCCC(C)C1)NCCOc1ccc(OC)cc1.I. The first-order chi connectivity index (χ1) is 12.7. The molecule has 1 fully saturated rings. The first-order valence-corrected chi connectivity index (χ1v) is 9.65. The number of rotatable bonds is 9. The summed E-state index contributed by atoms with van der Waals surface area (Å²) in [7, 11) is 3.46. The summed E-state index contributed by atoms with van der Waals surface area (Å²) in [5.41, 5.74) is 0. The van der Waals surface area contributed by atoms with E-state index in [1.807, 2.05) is 24.3 Å². The summed E-state index contributed by atoms with van der Waals surface area (Å²) in [6.07, 6.45) is 3.85. The summed E-state index contributed by atoms with van der Waals surface area (Å²) in [5, 5.41) is 6.66. The summed E-state index contributed by atoms with van der Waals surface area (Å²) in [6, 6.07) is 7.61. The molecular weight excluding hydrogens is 455 g/mol. The predicted octanol–water partition coefficient (Wildman–Crippen LogP) is 2.98. The number of hydrogen-bond donors (Lipinski definition) is 2. The fourth-order valence-electron chi connectivity index (χ4n) is 3.23. The highest BCUT2D eigenvalue weighted by molar-refractivity contribution is 14.0. The second-order valence-electron chi connectivity index (χ2n) is 6.85. The lowest BCUT2D eigenvalue weighted by Gasteiger charge is -2.30. The second kappa shape index (κ2) is 13.9. The van der Waals surface area contributed by atoms with Crippen LogP contribution < -0.4 is 20.1 Å². The van der Waals surface area contributed by atoms with Crippen LogP contribution in [-0.4, -0.2) is 64.3 Å². The topological polar surface area (TPSA) is 58.1 Å². The minimum absolute atomic E-state index is 0. The highest BCUT2D eigenvalue weighted by atomic mass is 127. The molecule has 1 aliphatic heterocycles. The van der Waals surface area contributed by atoms with E-state index in [1.54, 1.807) is 14.2 Å². The molecule has 154 valence electrons. The number of ether oxygens (including phenoxy) is 2. The quantitative estimate of drug-likeness (QED) is 0.241. The van der Waals surface area contributed by atoms with Gasteiger partial charge in [-0.2, -0.15) is 0 Å². The maximum Gasteiger partial charge on any atom is 0.191 e. The number of methoxy groups -OCH3 is 1. The van der Waals surface area contributed by atoms with E-state index < -0.39 is 0 Å². The van der Waals surface area contributed by atoms with E-state index in [9.17, 15) is 0 Å². The third-order valence-corrected chi connectivity index (χ3v) is 4.63.